The van der Waals surface area contributed by atoms with Gasteiger partial charge in [-0.2, -0.15) is 0 Å². The molecule has 0 fully saturated rings. The highest BCUT2D eigenvalue weighted by Gasteiger charge is 2.24. The van der Waals surface area contributed by atoms with E-state index >= 15 is 0 Å². The Kier molecular flexibility index (Phi) is 9.69. The number of carboxylic acids is 2. The van der Waals surface area contributed by atoms with Crippen molar-refractivity contribution in [3.8, 4) is 0 Å². The molecule has 6 heteroatoms. The molecule has 1 atom stereocenters. The van der Waals surface area contributed by atoms with Crippen LogP contribution in [0.3, 0.4) is 0 Å². The van der Waals surface area contributed by atoms with Crippen molar-refractivity contribution in [2.24, 2.45) is 5.92 Å². The molecule has 0 radical (unpaired) electrons. The maximum absolute atomic E-state index is 12.9. The van der Waals surface area contributed by atoms with Gasteiger partial charge in [0.2, 0.25) is 5.91 Å². The van der Waals surface area contributed by atoms with Crippen LogP contribution in [0.25, 0.3) is 0 Å². The highest BCUT2D eigenvalue weighted by Crippen LogP contribution is 2.29. The minimum atomic E-state index is -1.21. The van der Waals surface area contributed by atoms with E-state index in [1.165, 1.54) is 0 Å². The average molecular weight is 392 g/mol. The molecule has 1 rings (SSSR count). The van der Waals surface area contributed by atoms with Crippen LogP contribution in [0, 0.1) is 19.8 Å². The van der Waals surface area contributed by atoms with E-state index in [4.69, 9.17) is 0 Å². The third-order valence-corrected chi connectivity index (χ3v) is 5.24. The van der Waals surface area contributed by atoms with Crippen molar-refractivity contribution < 1.29 is 24.6 Å². The lowest BCUT2D eigenvalue weighted by atomic mass is 9.93. The van der Waals surface area contributed by atoms with Crippen LogP contribution in [-0.2, 0) is 4.79 Å². The summed E-state index contributed by atoms with van der Waals surface area (Å²) in [5.74, 6) is -2.73. The number of hydrogen-bond donors (Lipinski definition) is 3. The molecule has 0 aromatic heterocycles. The number of unbranched alkanes of at least 4 members (excludes halogenated alkanes) is 4. The molecule has 0 aliphatic carbocycles. The van der Waals surface area contributed by atoms with Crippen LogP contribution in [-0.4, -0.2) is 28.1 Å². The molecule has 0 bridgehead atoms. The van der Waals surface area contributed by atoms with E-state index in [0.717, 1.165) is 57.4 Å². The van der Waals surface area contributed by atoms with E-state index in [-0.39, 0.29) is 23.0 Å². The van der Waals surface area contributed by atoms with Crippen LogP contribution in [0.1, 0.15) is 97.1 Å². The average Bonchev–Trinajstić information content (AvgIpc) is 2.63. The van der Waals surface area contributed by atoms with Crippen molar-refractivity contribution in [1.29, 1.82) is 0 Å². The highest BCUT2D eigenvalue weighted by molar-refractivity contribution is 6.02. The Hall–Kier alpha value is -2.37. The second-order valence-electron chi connectivity index (χ2n) is 7.38. The molecule has 0 saturated heterocycles. The summed E-state index contributed by atoms with van der Waals surface area (Å²) in [6, 6.07) is 1.16. The number of carbonyl (C=O) groups excluding carboxylic acids is 1. The van der Waals surface area contributed by atoms with Gasteiger partial charge in [0.25, 0.3) is 0 Å². The minimum Gasteiger partial charge on any atom is -0.478 e. The lowest BCUT2D eigenvalue weighted by molar-refractivity contribution is -0.120. The van der Waals surface area contributed by atoms with Gasteiger partial charge in [0.1, 0.15) is 0 Å². The third kappa shape index (κ3) is 6.36. The standard InChI is InChI=1S/C22H33NO5/c1-5-7-9-10-12-16(11-8-6-2)20(24)23-19-14(3)17(21(25)26)13-18(15(19)4)22(27)28/h13,16H,5-12H2,1-4H3,(H,23,24)(H,25,26)(H,27,28). The van der Waals surface area contributed by atoms with Crippen molar-refractivity contribution in [2.45, 2.75) is 79.1 Å². The zero-order chi connectivity index (χ0) is 21.3. The van der Waals surface area contributed by atoms with E-state index in [9.17, 15) is 24.6 Å². The van der Waals surface area contributed by atoms with Gasteiger partial charge in [-0.3, -0.25) is 4.79 Å². The molecule has 0 heterocycles. The van der Waals surface area contributed by atoms with Crippen molar-refractivity contribution in [3.05, 3.63) is 28.3 Å². The number of hydrogen-bond acceptors (Lipinski definition) is 3. The molecular formula is C22H33NO5. The zero-order valence-electron chi connectivity index (χ0n) is 17.4. The lowest BCUT2D eigenvalue weighted by Gasteiger charge is -2.20. The number of anilines is 1. The highest BCUT2D eigenvalue weighted by atomic mass is 16.4. The molecule has 0 aliphatic heterocycles. The number of amides is 1. The van der Waals surface area contributed by atoms with Gasteiger partial charge in [-0.1, -0.05) is 52.4 Å². The second-order valence-corrected chi connectivity index (χ2v) is 7.38. The van der Waals surface area contributed by atoms with Gasteiger partial charge in [-0.05, 0) is 43.9 Å². The fraction of sp³-hybridized carbons (Fsp3) is 0.591. The Morgan fingerprint density at radius 1 is 0.857 bits per heavy atom. The second kappa shape index (κ2) is 11.5. The van der Waals surface area contributed by atoms with Crippen LogP contribution in [0.4, 0.5) is 5.69 Å². The van der Waals surface area contributed by atoms with Gasteiger partial charge in [0, 0.05) is 11.6 Å². The smallest absolute Gasteiger partial charge is 0.336 e. The van der Waals surface area contributed by atoms with Gasteiger partial charge >= 0.3 is 11.9 Å². The Morgan fingerprint density at radius 2 is 1.36 bits per heavy atom. The molecule has 0 saturated carbocycles. The monoisotopic (exact) mass is 391 g/mol. The first-order chi connectivity index (χ1) is 13.2. The number of benzene rings is 1. The van der Waals surface area contributed by atoms with E-state index in [2.05, 4.69) is 19.2 Å². The first kappa shape index (κ1) is 23.7. The fourth-order valence-electron chi connectivity index (χ4n) is 3.44. The van der Waals surface area contributed by atoms with Crippen LogP contribution in [0.5, 0.6) is 0 Å². The largest absolute Gasteiger partial charge is 0.478 e. The summed E-state index contributed by atoms with van der Waals surface area (Å²) in [4.78, 5) is 36.0. The summed E-state index contributed by atoms with van der Waals surface area (Å²) in [6.45, 7) is 7.41. The summed E-state index contributed by atoms with van der Waals surface area (Å²) in [6.07, 6.45) is 7.83. The molecule has 1 amide bonds. The fourth-order valence-corrected chi connectivity index (χ4v) is 3.44. The molecule has 0 aliphatic rings. The first-order valence-corrected chi connectivity index (χ1v) is 10.2. The number of rotatable bonds is 12. The maximum atomic E-state index is 12.9. The van der Waals surface area contributed by atoms with E-state index in [0.29, 0.717) is 16.8 Å². The minimum absolute atomic E-state index is 0.105. The van der Waals surface area contributed by atoms with Gasteiger partial charge in [0.15, 0.2) is 0 Å². The number of nitrogens with one attached hydrogen (secondary N) is 1. The Morgan fingerprint density at radius 3 is 1.82 bits per heavy atom. The van der Waals surface area contributed by atoms with Crippen molar-refractivity contribution in [2.75, 3.05) is 5.32 Å². The molecule has 3 N–H and O–H groups in total. The van der Waals surface area contributed by atoms with Gasteiger partial charge < -0.3 is 15.5 Å². The van der Waals surface area contributed by atoms with Crippen LogP contribution < -0.4 is 5.32 Å². The molecule has 1 aromatic carbocycles. The Labute approximate surface area is 167 Å². The van der Waals surface area contributed by atoms with Crippen molar-refractivity contribution in [1.82, 2.24) is 0 Å². The Balaban J connectivity index is 3.14. The Bertz CT molecular complexity index is 673. The SMILES string of the molecule is CCCCCCC(CCCC)C(=O)Nc1c(C)c(C(=O)O)cc(C(=O)O)c1C. The van der Waals surface area contributed by atoms with Crippen LogP contribution in [0.15, 0.2) is 6.07 Å². The number of carbonyl (C=O) groups is 3. The topological polar surface area (TPSA) is 104 Å². The van der Waals surface area contributed by atoms with Gasteiger partial charge in [-0.15, -0.1) is 0 Å². The number of carboxylic acid groups (broad SMARTS) is 2. The first-order valence-electron chi connectivity index (χ1n) is 10.2. The molecule has 1 unspecified atom stereocenters. The molecule has 1 aromatic rings. The van der Waals surface area contributed by atoms with Gasteiger partial charge in [0.05, 0.1) is 11.1 Å². The van der Waals surface area contributed by atoms with Gasteiger partial charge in [-0.25, -0.2) is 9.59 Å². The van der Waals surface area contributed by atoms with Crippen LogP contribution >= 0.6 is 0 Å². The molecule has 0 spiro atoms. The van der Waals surface area contributed by atoms with E-state index in [1.54, 1.807) is 13.8 Å². The maximum Gasteiger partial charge on any atom is 0.336 e. The predicted octanol–water partition coefficient (Wildman–Crippen LogP) is 5.42. The summed E-state index contributed by atoms with van der Waals surface area (Å²) in [5, 5.41) is 21.7. The molecule has 28 heavy (non-hydrogen) atoms. The van der Waals surface area contributed by atoms with Crippen molar-refractivity contribution >= 4 is 23.5 Å². The summed E-state index contributed by atoms with van der Waals surface area (Å²) >= 11 is 0. The van der Waals surface area contributed by atoms with E-state index in [1.807, 2.05) is 0 Å². The zero-order valence-corrected chi connectivity index (χ0v) is 17.4. The summed E-state index contributed by atoms with van der Waals surface area (Å²) in [5.41, 5.74) is 0.849. The third-order valence-electron chi connectivity index (χ3n) is 5.24. The van der Waals surface area contributed by atoms with Crippen molar-refractivity contribution in [3.63, 3.8) is 0 Å². The number of aromatic carboxylic acids is 2. The predicted molar refractivity (Wildman–Crippen MR) is 110 cm³/mol. The lowest BCUT2D eigenvalue weighted by Crippen LogP contribution is -2.25. The normalized spacial score (nSPS) is 11.9. The summed E-state index contributed by atoms with van der Waals surface area (Å²) in [7, 11) is 0. The van der Waals surface area contributed by atoms with E-state index < -0.39 is 11.9 Å². The molecule has 156 valence electrons. The quantitative estimate of drug-likeness (QED) is 0.413. The molecular weight excluding hydrogens is 358 g/mol. The molecule has 6 nitrogen and oxygen atoms in total. The van der Waals surface area contributed by atoms with Crippen LogP contribution in [0.2, 0.25) is 0 Å². The summed E-state index contributed by atoms with van der Waals surface area (Å²) < 4.78 is 0.